The number of ether oxygens (including phenoxy) is 1. The fraction of sp³-hybridized carbons (Fsp3) is 0.0294. The molecule has 0 bridgehead atoms. The van der Waals surface area contributed by atoms with Gasteiger partial charge in [0.25, 0.3) is 0 Å². The molecular weight excluding hydrogens is 558 g/mol. The van der Waals surface area contributed by atoms with E-state index in [4.69, 9.17) is 32.9 Å². The lowest BCUT2D eigenvalue weighted by molar-refractivity contribution is 0.413. The maximum absolute atomic E-state index is 14.0. The summed E-state index contributed by atoms with van der Waals surface area (Å²) in [6, 6.07) is 31.7. The zero-order valence-corrected chi connectivity index (χ0v) is 23.3. The van der Waals surface area contributed by atoms with Crippen molar-refractivity contribution in [1.82, 2.24) is 0 Å². The number of phenols is 1. The van der Waals surface area contributed by atoms with Gasteiger partial charge >= 0.3 is 0 Å². The Morgan fingerprint density at radius 2 is 1.44 bits per heavy atom. The largest absolute Gasteiger partial charge is 0.506 e. The number of rotatable bonds is 6. The summed E-state index contributed by atoms with van der Waals surface area (Å²) in [5.41, 5.74) is 4.27. The van der Waals surface area contributed by atoms with Crippen LogP contribution in [0.2, 0.25) is 10.0 Å². The van der Waals surface area contributed by atoms with E-state index in [0.29, 0.717) is 27.7 Å². The molecule has 0 atom stereocenters. The molecular formula is C34H23Cl2FN2O2. The lowest BCUT2D eigenvalue weighted by atomic mass is 9.91. The zero-order valence-electron chi connectivity index (χ0n) is 21.8. The van der Waals surface area contributed by atoms with E-state index in [9.17, 15) is 9.50 Å². The molecule has 0 saturated heterocycles. The maximum Gasteiger partial charge on any atom is 0.145 e. The van der Waals surface area contributed by atoms with Crippen LogP contribution in [0.4, 0.5) is 21.5 Å². The highest BCUT2D eigenvalue weighted by molar-refractivity contribution is 6.36. The van der Waals surface area contributed by atoms with Crippen LogP contribution in [0.1, 0.15) is 5.56 Å². The third-order valence-electron chi connectivity index (χ3n) is 6.92. The Bertz CT molecular complexity index is 1970. The smallest absolute Gasteiger partial charge is 0.145 e. The predicted molar refractivity (Wildman–Crippen MR) is 169 cm³/mol. The van der Waals surface area contributed by atoms with Crippen LogP contribution < -0.4 is 10.1 Å². The van der Waals surface area contributed by atoms with Gasteiger partial charge in [-0.1, -0.05) is 83.9 Å². The molecule has 0 amide bonds. The lowest BCUT2D eigenvalue weighted by Gasteiger charge is -2.20. The van der Waals surface area contributed by atoms with Crippen LogP contribution in [-0.2, 0) is 0 Å². The molecule has 202 valence electrons. The third kappa shape index (κ3) is 5.18. The van der Waals surface area contributed by atoms with Gasteiger partial charge in [-0.05, 0) is 57.9 Å². The van der Waals surface area contributed by atoms with Crippen molar-refractivity contribution in [1.29, 1.82) is 0 Å². The highest BCUT2D eigenvalue weighted by Gasteiger charge is 2.18. The molecule has 0 aliphatic rings. The molecule has 0 saturated carbocycles. The minimum atomic E-state index is -0.388. The van der Waals surface area contributed by atoms with Gasteiger partial charge in [0.05, 0.1) is 23.5 Å². The molecule has 0 aromatic heterocycles. The molecule has 4 nitrogen and oxygen atoms in total. The second kappa shape index (κ2) is 11.1. The van der Waals surface area contributed by atoms with Crippen molar-refractivity contribution in [3.63, 3.8) is 0 Å². The van der Waals surface area contributed by atoms with Crippen LogP contribution in [-0.4, -0.2) is 18.4 Å². The van der Waals surface area contributed by atoms with Crippen LogP contribution in [0.15, 0.2) is 108 Å². The molecule has 6 aromatic rings. The number of nitrogens with one attached hydrogen (secondary N) is 1. The van der Waals surface area contributed by atoms with Crippen LogP contribution in [0.3, 0.4) is 0 Å². The Kier molecular flexibility index (Phi) is 7.23. The van der Waals surface area contributed by atoms with E-state index in [0.717, 1.165) is 38.4 Å². The van der Waals surface area contributed by atoms with Gasteiger partial charge in [-0.25, -0.2) is 4.39 Å². The fourth-order valence-electron chi connectivity index (χ4n) is 5.01. The third-order valence-corrected chi connectivity index (χ3v) is 7.43. The van der Waals surface area contributed by atoms with E-state index in [1.807, 2.05) is 48.5 Å². The summed E-state index contributed by atoms with van der Waals surface area (Å²) in [6.45, 7) is 0. The second-order valence-corrected chi connectivity index (χ2v) is 10.3. The highest BCUT2D eigenvalue weighted by atomic mass is 35.5. The molecule has 7 heteroatoms. The minimum Gasteiger partial charge on any atom is -0.506 e. The number of nitrogens with zero attached hydrogens (tertiary/aromatic N) is 1. The van der Waals surface area contributed by atoms with Crippen molar-refractivity contribution >= 4 is 68.0 Å². The number of aliphatic imine (C=N–C) groups is 1. The fourth-order valence-corrected chi connectivity index (χ4v) is 5.52. The van der Waals surface area contributed by atoms with Crippen molar-refractivity contribution in [2.24, 2.45) is 4.99 Å². The molecule has 0 aliphatic heterocycles. The molecule has 0 unspecified atom stereocenters. The van der Waals surface area contributed by atoms with E-state index in [-0.39, 0.29) is 16.6 Å². The predicted octanol–water partition coefficient (Wildman–Crippen LogP) is 10.3. The van der Waals surface area contributed by atoms with Gasteiger partial charge in [-0.2, -0.15) is 0 Å². The summed E-state index contributed by atoms with van der Waals surface area (Å²) < 4.78 is 19.5. The van der Waals surface area contributed by atoms with Gasteiger partial charge in [0, 0.05) is 39.7 Å². The van der Waals surface area contributed by atoms with Crippen LogP contribution >= 0.6 is 23.2 Å². The van der Waals surface area contributed by atoms with Gasteiger partial charge in [0.2, 0.25) is 0 Å². The molecule has 41 heavy (non-hydrogen) atoms. The van der Waals surface area contributed by atoms with Gasteiger partial charge in [-0.3, -0.25) is 4.99 Å². The molecule has 6 aromatic carbocycles. The van der Waals surface area contributed by atoms with Crippen molar-refractivity contribution in [3.05, 3.63) is 125 Å². The minimum absolute atomic E-state index is 0.0990. The molecule has 6 rings (SSSR count). The summed E-state index contributed by atoms with van der Waals surface area (Å²) in [4.78, 5) is 4.84. The Morgan fingerprint density at radius 3 is 2.17 bits per heavy atom. The van der Waals surface area contributed by atoms with Crippen LogP contribution in [0.25, 0.3) is 32.7 Å². The van der Waals surface area contributed by atoms with Gasteiger partial charge in [0.1, 0.15) is 17.3 Å². The van der Waals surface area contributed by atoms with E-state index in [2.05, 4.69) is 29.6 Å². The number of hydrogen-bond acceptors (Lipinski definition) is 4. The first kappa shape index (κ1) is 26.6. The quantitative estimate of drug-likeness (QED) is 0.193. The Morgan fingerprint density at radius 1 is 0.780 bits per heavy atom. The van der Waals surface area contributed by atoms with Crippen molar-refractivity contribution < 1.29 is 14.2 Å². The highest BCUT2D eigenvalue weighted by Crippen LogP contribution is 2.46. The monoisotopic (exact) mass is 580 g/mol. The summed E-state index contributed by atoms with van der Waals surface area (Å²) in [5.74, 6) is -0.104. The summed E-state index contributed by atoms with van der Waals surface area (Å²) in [5, 5.41) is 18.6. The Balaban J connectivity index is 1.63. The second-order valence-electron chi connectivity index (χ2n) is 9.44. The van der Waals surface area contributed by atoms with Crippen LogP contribution in [0, 0.1) is 5.82 Å². The summed E-state index contributed by atoms with van der Waals surface area (Å²) >= 11 is 12.4. The van der Waals surface area contributed by atoms with Gasteiger partial charge in [0.15, 0.2) is 0 Å². The molecule has 0 spiro atoms. The number of methoxy groups -OCH3 is 1. The van der Waals surface area contributed by atoms with Crippen molar-refractivity contribution in [2.75, 3.05) is 12.4 Å². The molecule has 0 aliphatic carbocycles. The first-order valence-corrected chi connectivity index (χ1v) is 13.5. The van der Waals surface area contributed by atoms with Gasteiger partial charge in [-0.15, -0.1) is 0 Å². The topological polar surface area (TPSA) is 53.8 Å². The first-order valence-electron chi connectivity index (χ1n) is 12.8. The molecule has 2 N–H and O–H groups in total. The van der Waals surface area contributed by atoms with Crippen molar-refractivity contribution in [2.45, 2.75) is 0 Å². The van der Waals surface area contributed by atoms with E-state index in [1.54, 1.807) is 18.3 Å². The first-order chi connectivity index (χ1) is 19.9. The Hall–Kier alpha value is -4.58. The molecule has 0 heterocycles. The van der Waals surface area contributed by atoms with E-state index < -0.39 is 0 Å². The number of anilines is 2. The molecule has 0 fully saturated rings. The number of phenolic OH excluding ortho intramolecular Hbond substituents is 1. The maximum atomic E-state index is 14.0. The normalized spacial score (nSPS) is 11.4. The lowest BCUT2D eigenvalue weighted by Crippen LogP contribution is -1.98. The average Bonchev–Trinajstić information content (AvgIpc) is 2.99. The average molecular weight is 581 g/mol. The van der Waals surface area contributed by atoms with Crippen LogP contribution in [0.5, 0.6) is 11.5 Å². The van der Waals surface area contributed by atoms with Crippen molar-refractivity contribution in [3.8, 4) is 22.6 Å². The standard InChI is InChI=1S/C34H23Cl2FN2O2/c1-41-31-18-24(37)12-15-28(31)39-30-14-11-21-7-3-5-9-26(21)33(30)32-25-8-4-2-6-20(25)10-13-29(32)38-19-22-16-23(35)17-27(36)34(22)40/h2-19,39-40H,1H3. The number of aromatic hydroxyl groups is 1. The summed E-state index contributed by atoms with van der Waals surface area (Å²) in [7, 11) is 1.51. The number of hydrogen-bond donors (Lipinski definition) is 2. The molecule has 0 radical (unpaired) electrons. The summed E-state index contributed by atoms with van der Waals surface area (Å²) in [6.07, 6.45) is 1.56. The van der Waals surface area contributed by atoms with Gasteiger partial charge < -0.3 is 15.2 Å². The number of fused-ring (bicyclic) bond motifs is 2. The van der Waals surface area contributed by atoms with E-state index >= 15 is 0 Å². The number of halogens is 3. The Labute approximate surface area is 246 Å². The zero-order chi connectivity index (χ0) is 28.5. The van der Waals surface area contributed by atoms with E-state index in [1.165, 1.54) is 25.3 Å². The SMILES string of the molecule is COc1cc(F)ccc1Nc1ccc2ccccc2c1-c1c(N=Cc2cc(Cl)cc(Cl)c2O)ccc2ccccc12. The number of benzene rings is 6.